The van der Waals surface area contributed by atoms with E-state index in [1.807, 2.05) is 60.7 Å². The molecule has 1 heterocycles. The lowest BCUT2D eigenvalue weighted by atomic mass is 10.0. The van der Waals surface area contributed by atoms with Crippen LogP contribution < -0.4 is 15.5 Å². The van der Waals surface area contributed by atoms with Gasteiger partial charge in [0.1, 0.15) is 0 Å². The molecule has 1 aliphatic heterocycles. The van der Waals surface area contributed by atoms with Crippen molar-refractivity contribution in [2.24, 2.45) is 0 Å². The van der Waals surface area contributed by atoms with Crippen LogP contribution in [-0.2, 0) is 14.4 Å². The summed E-state index contributed by atoms with van der Waals surface area (Å²) >= 11 is 0. The third-order valence-corrected chi connectivity index (χ3v) is 4.53. The van der Waals surface area contributed by atoms with Crippen molar-refractivity contribution in [2.75, 3.05) is 11.4 Å². The maximum atomic E-state index is 12.5. The minimum atomic E-state index is -0.397. The lowest BCUT2D eigenvalue weighted by molar-refractivity contribution is -0.123. The second-order valence-electron chi connectivity index (χ2n) is 6.68. The fourth-order valence-electron chi connectivity index (χ4n) is 3.32. The number of carbonyl (C=O) groups is 3. The molecule has 1 aliphatic rings. The number of hydrogen-bond acceptors (Lipinski definition) is 3. The SMILES string of the molecule is CC(=O)NC(CC(=O)NC1CC(=O)N(c2ccccc2)C1)c1ccccc1. The normalized spacial score (nSPS) is 17.4. The summed E-state index contributed by atoms with van der Waals surface area (Å²) in [5.74, 6) is -0.388. The second kappa shape index (κ2) is 8.49. The Labute approximate surface area is 158 Å². The lowest BCUT2D eigenvalue weighted by Crippen LogP contribution is -2.39. The largest absolute Gasteiger partial charge is 0.351 e. The monoisotopic (exact) mass is 365 g/mol. The molecule has 0 aliphatic carbocycles. The van der Waals surface area contributed by atoms with Gasteiger partial charge >= 0.3 is 0 Å². The summed E-state index contributed by atoms with van der Waals surface area (Å²) in [6, 6.07) is 18.2. The number of hydrogen-bond donors (Lipinski definition) is 2. The Balaban J connectivity index is 1.61. The first kappa shape index (κ1) is 18.6. The molecular weight excluding hydrogens is 342 g/mol. The van der Waals surface area contributed by atoms with E-state index in [4.69, 9.17) is 0 Å². The maximum absolute atomic E-state index is 12.5. The van der Waals surface area contributed by atoms with Crippen LogP contribution in [0.25, 0.3) is 0 Å². The third-order valence-electron chi connectivity index (χ3n) is 4.53. The molecule has 27 heavy (non-hydrogen) atoms. The number of rotatable bonds is 6. The van der Waals surface area contributed by atoms with Gasteiger partial charge in [-0.05, 0) is 17.7 Å². The minimum absolute atomic E-state index is 0.00651. The number of carbonyl (C=O) groups excluding carboxylic acids is 3. The van der Waals surface area contributed by atoms with E-state index in [0.717, 1.165) is 11.3 Å². The van der Waals surface area contributed by atoms with Gasteiger partial charge in [0.05, 0.1) is 18.5 Å². The molecule has 0 radical (unpaired) electrons. The highest BCUT2D eigenvalue weighted by atomic mass is 16.2. The van der Waals surface area contributed by atoms with Crippen LogP contribution in [0.15, 0.2) is 60.7 Å². The number of amides is 3. The number of para-hydroxylation sites is 1. The van der Waals surface area contributed by atoms with E-state index in [0.29, 0.717) is 6.54 Å². The molecule has 6 heteroatoms. The van der Waals surface area contributed by atoms with E-state index in [2.05, 4.69) is 10.6 Å². The zero-order valence-corrected chi connectivity index (χ0v) is 15.2. The Bertz CT molecular complexity index is 808. The molecule has 1 saturated heterocycles. The maximum Gasteiger partial charge on any atom is 0.229 e. The first-order valence-corrected chi connectivity index (χ1v) is 9.00. The van der Waals surface area contributed by atoms with E-state index < -0.39 is 6.04 Å². The quantitative estimate of drug-likeness (QED) is 0.824. The van der Waals surface area contributed by atoms with Crippen molar-refractivity contribution in [1.29, 1.82) is 0 Å². The van der Waals surface area contributed by atoms with Crippen molar-refractivity contribution in [3.05, 3.63) is 66.2 Å². The highest BCUT2D eigenvalue weighted by Crippen LogP contribution is 2.22. The van der Waals surface area contributed by atoms with Crippen molar-refractivity contribution < 1.29 is 14.4 Å². The minimum Gasteiger partial charge on any atom is -0.351 e. The molecule has 3 amide bonds. The zero-order valence-electron chi connectivity index (χ0n) is 15.2. The molecular formula is C21H23N3O3. The fraction of sp³-hybridized carbons (Fsp3) is 0.286. The fourth-order valence-corrected chi connectivity index (χ4v) is 3.32. The van der Waals surface area contributed by atoms with Gasteiger partial charge in [-0.3, -0.25) is 14.4 Å². The molecule has 140 valence electrons. The highest BCUT2D eigenvalue weighted by molar-refractivity contribution is 5.96. The molecule has 2 N–H and O–H groups in total. The summed E-state index contributed by atoms with van der Waals surface area (Å²) in [5.41, 5.74) is 1.70. The van der Waals surface area contributed by atoms with Crippen molar-refractivity contribution in [3.63, 3.8) is 0 Å². The van der Waals surface area contributed by atoms with Gasteiger partial charge in [-0.2, -0.15) is 0 Å². The van der Waals surface area contributed by atoms with Crippen molar-refractivity contribution >= 4 is 23.4 Å². The first-order valence-electron chi connectivity index (χ1n) is 9.00. The Kier molecular flexibility index (Phi) is 5.86. The van der Waals surface area contributed by atoms with Crippen LogP contribution in [0.1, 0.15) is 31.4 Å². The number of benzene rings is 2. The Morgan fingerprint density at radius 1 is 1.07 bits per heavy atom. The molecule has 6 nitrogen and oxygen atoms in total. The van der Waals surface area contributed by atoms with Gasteiger partial charge in [0.25, 0.3) is 0 Å². The number of nitrogens with zero attached hydrogens (tertiary/aromatic N) is 1. The van der Waals surface area contributed by atoms with Crippen LogP contribution in [-0.4, -0.2) is 30.3 Å². The van der Waals surface area contributed by atoms with Gasteiger partial charge < -0.3 is 15.5 Å². The predicted molar refractivity (Wildman–Crippen MR) is 103 cm³/mol. The Morgan fingerprint density at radius 2 is 1.70 bits per heavy atom. The molecule has 0 spiro atoms. The average molecular weight is 365 g/mol. The molecule has 2 atom stereocenters. The summed E-state index contributed by atoms with van der Waals surface area (Å²) in [6.07, 6.45) is 0.399. The second-order valence-corrected chi connectivity index (χ2v) is 6.68. The summed E-state index contributed by atoms with van der Waals surface area (Å²) in [6.45, 7) is 1.88. The van der Waals surface area contributed by atoms with Crippen molar-refractivity contribution in [2.45, 2.75) is 31.8 Å². The lowest BCUT2D eigenvalue weighted by Gasteiger charge is -2.20. The predicted octanol–water partition coefficient (Wildman–Crippen LogP) is 2.18. The van der Waals surface area contributed by atoms with Gasteiger partial charge in [-0.25, -0.2) is 0 Å². The van der Waals surface area contributed by atoms with E-state index in [-0.39, 0.29) is 36.6 Å². The van der Waals surface area contributed by atoms with Crippen LogP contribution in [0.3, 0.4) is 0 Å². The topological polar surface area (TPSA) is 78.5 Å². The van der Waals surface area contributed by atoms with Crippen molar-refractivity contribution in [3.8, 4) is 0 Å². The third kappa shape index (κ3) is 4.94. The molecule has 2 unspecified atom stereocenters. The summed E-state index contributed by atoms with van der Waals surface area (Å²) in [7, 11) is 0. The highest BCUT2D eigenvalue weighted by Gasteiger charge is 2.32. The Hall–Kier alpha value is -3.15. The van der Waals surface area contributed by atoms with Crippen LogP contribution in [0.4, 0.5) is 5.69 Å². The van der Waals surface area contributed by atoms with Gasteiger partial charge in [-0.15, -0.1) is 0 Å². The molecule has 0 saturated carbocycles. The molecule has 2 aromatic carbocycles. The standard InChI is InChI=1S/C21H23N3O3/c1-15(25)22-19(16-8-4-2-5-9-16)13-20(26)23-17-12-21(27)24(14-17)18-10-6-3-7-11-18/h2-11,17,19H,12-14H2,1H3,(H,22,25)(H,23,26). The smallest absolute Gasteiger partial charge is 0.229 e. The van der Waals surface area contributed by atoms with Gasteiger partial charge in [0.15, 0.2) is 0 Å². The molecule has 0 bridgehead atoms. The Morgan fingerprint density at radius 3 is 2.33 bits per heavy atom. The van der Waals surface area contributed by atoms with E-state index in [1.165, 1.54) is 6.92 Å². The average Bonchev–Trinajstić information content (AvgIpc) is 3.02. The van der Waals surface area contributed by atoms with Crippen LogP contribution in [0.2, 0.25) is 0 Å². The van der Waals surface area contributed by atoms with Crippen LogP contribution in [0.5, 0.6) is 0 Å². The molecule has 3 rings (SSSR count). The van der Waals surface area contributed by atoms with E-state index in [1.54, 1.807) is 4.90 Å². The van der Waals surface area contributed by atoms with E-state index in [9.17, 15) is 14.4 Å². The van der Waals surface area contributed by atoms with Crippen LogP contribution in [0, 0.1) is 0 Å². The summed E-state index contributed by atoms with van der Waals surface area (Å²) in [4.78, 5) is 38.0. The molecule has 1 fully saturated rings. The first-order chi connectivity index (χ1) is 13.0. The molecule has 2 aromatic rings. The van der Waals surface area contributed by atoms with Crippen molar-refractivity contribution in [1.82, 2.24) is 10.6 Å². The summed E-state index contributed by atoms with van der Waals surface area (Å²) < 4.78 is 0. The number of anilines is 1. The zero-order chi connectivity index (χ0) is 19.2. The van der Waals surface area contributed by atoms with Gasteiger partial charge in [0, 0.05) is 25.6 Å². The van der Waals surface area contributed by atoms with Gasteiger partial charge in [-0.1, -0.05) is 48.5 Å². The van der Waals surface area contributed by atoms with E-state index >= 15 is 0 Å². The van der Waals surface area contributed by atoms with Gasteiger partial charge in [0.2, 0.25) is 17.7 Å². The molecule has 0 aromatic heterocycles. The van der Waals surface area contributed by atoms with Crippen LogP contribution >= 0.6 is 0 Å². The number of nitrogens with one attached hydrogen (secondary N) is 2. The summed E-state index contributed by atoms with van der Waals surface area (Å²) in [5, 5.41) is 5.75.